The van der Waals surface area contributed by atoms with Crippen LogP contribution < -0.4 is 0 Å². The monoisotopic (exact) mass is 738 g/mol. The zero-order valence-electron chi connectivity index (χ0n) is 27.0. The molecule has 0 amide bonds. The quantitative estimate of drug-likeness (QED) is 0.141. The summed E-state index contributed by atoms with van der Waals surface area (Å²) in [5, 5.41) is 27.1. The number of aliphatic hydroxyl groups excluding tert-OH is 1. The van der Waals surface area contributed by atoms with Gasteiger partial charge < -0.3 is 28.8 Å². The summed E-state index contributed by atoms with van der Waals surface area (Å²) in [4.78, 5) is 32.0. The number of rotatable bonds is 10. The van der Waals surface area contributed by atoms with Gasteiger partial charge in [0.15, 0.2) is 35.2 Å². The van der Waals surface area contributed by atoms with Gasteiger partial charge in [0.2, 0.25) is 0 Å². The molecule has 8 unspecified atom stereocenters. The van der Waals surface area contributed by atoms with Crippen molar-refractivity contribution in [2.24, 2.45) is 0 Å². The summed E-state index contributed by atoms with van der Waals surface area (Å²) in [7, 11) is 1.36. The van der Waals surface area contributed by atoms with Crippen LogP contribution in [0.4, 0.5) is 17.6 Å². The van der Waals surface area contributed by atoms with E-state index in [0.29, 0.717) is 0 Å². The zero-order valence-corrected chi connectivity index (χ0v) is 27.8. The van der Waals surface area contributed by atoms with Gasteiger partial charge in [-0.05, 0) is 12.1 Å². The molecule has 2 aliphatic heterocycles. The molecule has 2 fully saturated rings. The van der Waals surface area contributed by atoms with Crippen LogP contribution in [0.1, 0.15) is 25.9 Å². The maximum absolute atomic E-state index is 14.1. The number of nitrogens with zero attached hydrogens (tertiary/aromatic N) is 8. The van der Waals surface area contributed by atoms with Gasteiger partial charge >= 0.3 is 11.9 Å². The molecule has 0 saturated carbocycles. The molecule has 51 heavy (non-hydrogen) atoms. The number of carbonyl (C=O) groups excluding carboxylic acids is 2. The van der Waals surface area contributed by atoms with Crippen molar-refractivity contribution in [3.8, 4) is 22.8 Å². The number of ether oxygens (including phenoxy) is 5. The molecular formula is C30H30F4N8O8S. The smallest absolute Gasteiger partial charge is 0.303 e. The van der Waals surface area contributed by atoms with Crippen molar-refractivity contribution >= 4 is 23.7 Å². The van der Waals surface area contributed by atoms with Crippen LogP contribution in [0.3, 0.4) is 0 Å². The molecule has 21 heteroatoms. The van der Waals surface area contributed by atoms with Crippen LogP contribution >= 0.6 is 11.8 Å². The van der Waals surface area contributed by atoms with Gasteiger partial charge in [-0.25, -0.2) is 36.9 Å². The molecule has 0 bridgehead atoms. The van der Waals surface area contributed by atoms with E-state index in [-0.39, 0.29) is 42.6 Å². The Hall–Kier alpha value is -4.57. The maximum Gasteiger partial charge on any atom is 0.303 e. The molecule has 6 rings (SSSR count). The van der Waals surface area contributed by atoms with E-state index in [9.17, 15) is 32.3 Å². The molecular weight excluding hydrogens is 708 g/mol. The molecule has 3 aromatic heterocycles. The van der Waals surface area contributed by atoms with Crippen LogP contribution in [0.5, 0.6) is 0 Å². The van der Waals surface area contributed by atoms with E-state index in [1.165, 1.54) is 35.8 Å². The molecule has 16 nitrogen and oxygen atoms in total. The summed E-state index contributed by atoms with van der Waals surface area (Å²) in [5.74, 6) is -6.39. The molecule has 1 N–H and O–H groups in total. The van der Waals surface area contributed by atoms with Crippen molar-refractivity contribution in [2.75, 3.05) is 26.9 Å². The van der Waals surface area contributed by atoms with Gasteiger partial charge in [0.05, 0.1) is 49.4 Å². The molecule has 0 spiro atoms. The Morgan fingerprint density at radius 1 is 0.961 bits per heavy atom. The highest BCUT2D eigenvalue weighted by Gasteiger charge is 2.52. The highest BCUT2D eigenvalue weighted by atomic mass is 32.2. The molecule has 2 aliphatic rings. The summed E-state index contributed by atoms with van der Waals surface area (Å²) in [6.07, 6.45) is 0.337. The van der Waals surface area contributed by atoms with E-state index in [0.717, 1.165) is 43.2 Å². The van der Waals surface area contributed by atoms with E-state index < -0.39 is 82.4 Å². The highest BCUT2D eigenvalue weighted by molar-refractivity contribution is 8.00. The van der Waals surface area contributed by atoms with E-state index in [1.807, 2.05) is 0 Å². The lowest BCUT2D eigenvalue weighted by molar-refractivity contribution is -0.208. The lowest BCUT2D eigenvalue weighted by Crippen LogP contribution is -2.58. The third kappa shape index (κ3) is 7.86. The van der Waals surface area contributed by atoms with Gasteiger partial charge in [-0.15, -0.1) is 22.0 Å². The number of halogens is 4. The first-order valence-corrected chi connectivity index (χ1v) is 16.2. The molecule has 0 aliphatic carbocycles. The lowest BCUT2D eigenvalue weighted by Gasteiger charge is -2.46. The summed E-state index contributed by atoms with van der Waals surface area (Å²) >= 11 is 1.12. The minimum atomic E-state index is -1.65. The Morgan fingerprint density at radius 2 is 1.63 bits per heavy atom. The number of aliphatic hydroxyl groups is 1. The summed E-state index contributed by atoms with van der Waals surface area (Å²) in [6, 6.07) is -0.282. The Balaban J connectivity index is 1.30. The van der Waals surface area contributed by atoms with Crippen LogP contribution in [-0.2, 0) is 33.3 Å². The standard InChI is InChI=1S/C30H30F4N8O8S/c1-13(43)48-11-22-27(49-14(2)44)25(42-8-19(37-40-42)15-4-17(32)24(34)18(33)5-15)28(46-3)30(50-22)51-23-12-47-10-21(26(23)45)41-9-20(38-39-41)29-35-6-16(31)7-36-29/h4-9,21-23,25-28,30,45H,10-12H2,1-3H3. The molecule has 5 heterocycles. The Kier molecular flexibility index (Phi) is 10.9. The van der Waals surface area contributed by atoms with Crippen LogP contribution in [0.15, 0.2) is 36.9 Å². The second kappa shape index (κ2) is 15.4. The van der Waals surface area contributed by atoms with Crippen molar-refractivity contribution in [1.82, 2.24) is 40.0 Å². The van der Waals surface area contributed by atoms with Crippen molar-refractivity contribution in [2.45, 2.75) is 61.0 Å². The van der Waals surface area contributed by atoms with Crippen LogP contribution in [0.2, 0.25) is 0 Å². The Bertz CT molecular complexity index is 1850. The number of aromatic nitrogens is 8. The number of hydrogen-bond acceptors (Lipinski definition) is 15. The lowest BCUT2D eigenvalue weighted by atomic mass is 9.96. The van der Waals surface area contributed by atoms with E-state index in [4.69, 9.17) is 23.7 Å². The fourth-order valence-electron chi connectivity index (χ4n) is 5.75. The van der Waals surface area contributed by atoms with Crippen LogP contribution in [0, 0.1) is 23.3 Å². The van der Waals surface area contributed by atoms with Crippen LogP contribution in [-0.4, -0.2) is 119 Å². The Labute approximate surface area is 290 Å². The molecule has 0 radical (unpaired) electrons. The molecule has 4 aromatic rings. The van der Waals surface area contributed by atoms with Crippen molar-refractivity contribution < 1.29 is 55.9 Å². The summed E-state index contributed by atoms with van der Waals surface area (Å²) in [5.41, 5.74) is -0.908. The average molecular weight is 739 g/mol. The topological polar surface area (TPSA) is 188 Å². The molecule has 8 atom stereocenters. The van der Waals surface area contributed by atoms with Gasteiger partial charge in [-0.1, -0.05) is 10.4 Å². The number of esters is 2. The largest absolute Gasteiger partial charge is 0.463 e. The van der Waals surface area contributed by atoms with Gasteiger partial charge in [0.1, 0.15) is 47.7 Å². The molecule has 272 valence electrons. The third-order valence-electron chi connectivity index (χ3n) is 8.09. The second-order valence-corrected chi connectivity index (χ2v) is 12.9. The fraction of sp³-hybridized carbons (Fsp3) is 0.467. The maximum atomic E-state index is 14.1. The molecule has 1 aromatic carbocycles. The Morgan fingerprint density at radius 3 is 2.29 bits per heavy atom. The second-order valence-electron chi connectivity index (χ2n) is 11.5. The van der Waals surface area contributed by atoms with Gasteiger partial charge in [-0.2, -0.15) is 0 Å². The first-order valence-electron chi connectivity index (χ1n) is 15.3. The van der Waals surface area contributed by atoms with E-state index in [2.05, 4.69) is 30.6 Å². The van der Waals surface area contributed by atoms with Gasteiger partial charge in [0, 0.05) is 26.5 Å². The average Bonchev–Trinajstić information content (AvgIpc) is 3.79. The van der Waals surface area contributed by atoms with Crippen molar-refractivity contribution in [1.29, 1.82) is 0 Å². The summed E-state index contributed by atoms with van der Waals surface area (Å²) < 4.78 is 86.7. The number of benzene rings is 1. The SMILES string of the molecule is COC1C(SC2COCC(n3cc(-c4ncc(F)cn4)nn3)C2O)OC(COC(C)=O)C(OC(C)=O)C1n1cc(-c2cc(F)c(F)c(F)c2)nn1. The predicted molar refractivity (Wildman–Crippen MR) is 164 cm³/mol. The first-order chi connectivity index (χ1) is 24.4. The highest BCUT2D eigenvalue weighted by Crippen LogP contribution is 2.42. The number of hydrogen-bond donors (Lipinski definition) is 1. The fourth-order valence-corrected chi connectivity index (χ4v) is 7.24. The zero-order chi connectivity index (χ0) is 36.4. The van der Waals surface area contributed by atoms with Gasteiger partial charge in [0.25, 0.3) is 0 Å². The van der Waals surface area contributed by atoms with Gasteiger partial charge in [-0.3, -0.25) is 9.59 Å². The number of carbonyl (C=O) groups is 2. The number of methoxy groups -OCH3 is 1. The third-order valence-corrected chi connectivity index (χ3v) is 9.50. The van der Waals surface area contributed by atoms with E-state index >= 15 is 0 Å². The summed E-state index contributed by atoms with van der Waals surface area (Å²) in [6.45, 7) is 2.09. The normalized spacial score (nSPS) is 26.5. The van der Waals surface area contributed by atoms with Crippen molar-refractivity contribution in [3.63, 3.8) is 0 Å². The van der Waals surface area contributed by atoms with Crippen molar-refractivity contribution in [3.05, 3.63) is 60.2 Å². The predicted octanol–water partition coefficient (Wildman–Crippen LogP) is 2.06. The van der Waals surface area contributed by atoms with Crippen LogP contribution in [0.25, 0.3) is 22.8 Å². The minimum Gasteiger partial charge on any atom is -0.463 e. The first kappa shape index (κ1) is 36.2. The minimum absolute atomic E-state index is 0.0476. The number of thioether (sulfide) groups is 1. The molecule has 2 saturated heterocycles. The van der Waals surface area contributed by atoms with E-state index in [1.54, 1.807) is 0 Å².